The molecule has 0 bridgehead atoms. The van der Waals surface area contributed by atoms with E-state index < -0.39 is 0 Å². The Bertz CT molecular complexity index is 842. The van der Waals surface area contributed by atoms with Crippen molar-refractivity contribution in [3.05, 3.63) is 77.9 Å². The van der Waals surface area contributed by atoms with E-state index in [1.807, 2.05) is 6.07 Å². The third-order valence-corrected chi connectivity index (χ3v) is 4.65. The van der Waals surface area contributed by atoms with E-state index in [4.69, 9.17) is 4.99 Å². The first-order valence-corrected chi connectivity index (χ1v) is 8.10. The molecule has 1 aliphatic carbocycles. The molecule has 2 heteroatoms. The van der Waals surface area contributed by atoms with Crippen molar-refractivity contribution in [1.82, 2.24) is 0 Å². The van der Waals surface area contributed by atoms with Crippen molar-refractivity contribution in [1.29, 1.82) is 0 Å². The molecule has 0 aromatic heterocycles. The average molecular weight is 300 g/mol. The van der Waals surface area contributed by atoms with Crippen molar-refractivity contribution < 1.29 is 0 Å². The lowest BCUT2D eigenvalue weighted by atomic mass is 9.83. The monoisotopic (exact) mass is 300 g/mol. The summed E-state index contributed by atoms with van der Waals surface area (Å²) in [6.07, 6.45) is 4.20. The van der Waals surface area contributed by atoms with Crippen LogP contribution in [0.15, 0.2) is 71.8 Å². The summed E-state index contributed by atoms with van der Waals surface area (Å²) >= 11 is 0. The normalized spacial score (nSPS) is 19.7. The summed E-state index contributed by atoms with van der Waals surface area (Å²) in [6, 6.07) is 17.0. The summed E-state index contributed by atoms with van der Waals surface area (Å²) in [5.41, 5.74) is 8.35. The summed E-state index contributed by atoms with van der Waals surface area (Å²) < 4.78 is 0. The second-order valence-corrected chi connectivity index (χ2v) is 6.26. The Hall–Kier alpha value is -2.61. The van der Waals surface area contributed by atoms with Gasteiger partial charge in [0.25, 0.3) is 0 Å². The highest BCUT2D eigenvalue weighted by Crippen LogP contribution is 2.37. The van der Waals surface area contributed by atoms with Gasteiger partial charge in [0, 0.05) is 12.1 Å². The molecule has 0 spiro atoms. The molecule has 1 aliphatic heterocycles. The first-order chi connectivity index (χ1) is 11.2. The lowest BCUT2D eigenvalue weighted by molar-refractivity contribution is 0.882. The van der Waals surface area contributed by atoms with Gasteiger partial charge in [-0.2, -0.15) is 0 Å². The number of hydrogen-bond acceptors (Lipinski definition) is 2. The van der Waals surface area contributed by atoms with Crippen LogP contribution in [-0.4, -0.2) is 11.8 Å². The van der Waals surface area contributed by atoms with E-state index in [2.05, 4.69) is 67.4 Å². The lowest BCUT2D eigenvalue weighted by Crippen LogP contribution is -2.25. The van der Waals surface area contributed by atoms with Crippen LogP contribution in [0.2, 0.25) is 0 Å². The molecule has 1 N–H and O–H groups in total. The molecule has 0 saturated carbocycles. The maximum Gasteiger partial charge on any atom is 0.0860 e. The fraction of sp³-hybridized carbons (Fsp3) is 0.190. The van der Waals surface area contributed by atoms with Gasteiger partial charge in [-0.25, -0.2) is 0 Å². The van der Waals surface area contributed by atoms with Crippen LogP contribution in [0.4, 0.5) is 11.4 Å². The number of anilines is 1. The van der Waals surface area contributed by atoms with Gasteiger partial charge in [-0.15, -0.1) is 0 Å². The molecule has 4 rings (SSSR count). The third kappa shape index (κ3) is 2.50. The second kappa shape index (κ2) is 5.54. The summed E-state index contributed by atoms with van der Waals surface area (Å²) in [5, 5.41) is 3.68. The van der Waals surface area contributed by atoms with Crippen LogP contribution in [-0.2, 0) is 6.42 Å². The maximum atomic E-state index is 4.75. The zero-order chi connectivity index (χ0) is 15.8. The van der Waals surface area contributed by atoms with Gasteiger partial charge in [-0.1, -0.05) is 49.1 Å². The Morgan fingerprint density at radius 3 is 2.78 bits per heavy atom. The molecule has 1 unspecified atom stereocenters. The predicted molar refractivity (Wildman–Crippen MR) is 98.5 cm³/mol. The van der Waals surface area contributed by atoms with Crippen molar-refractivity contribution in [3.8, 4) is 0 Å². The molecule has 2 nitrogen and oxygen atoms in total. The van der Waals surface area contributed by atoms with Crippen LogP contribution >= 0.6 is 0 Å². The highest BCUT2D eigenvalue weighted by Gasteiger charge is 2.25. The zero-order valence-electron chi connectivity index (χ0n) is 13.3. The summed E-state index contributed by atoms with van der Waals surface area (Å²) in [6.45, 7) is 6.48. The Morgan fingerprint density at radius 2 is 1.87 bits per heavy atom. The molecule has 0 saturated heterocycles. The van der Waals surface area contributed by atoms with E-state index in [0.29, 0.717) is 0 Å². The molecule has 2 aliphatic rings. The fourth-order valence-electron chi connectivity index (χ4n) is 3.51. The van der Waals surface area contributed by atoms with Crippen molar-refractivity contribution >= 4 is 22.7 Å². The Labute approximate surface area is 137 Å². The first-order valence-electron chi connectivity index (χ1n) is 8.10. The first kappa shape index (κ1) is 14.0. The van der Waals surface area contributed by atoms with Gasteiger partial charge in [-0.3, -0.25) is 4.99 Å². The molecule has 114 valence electrons. The van der Waals surface area contributed by atoms with Gasteiger partial charge in [0.15, 0.2) is 0 Å². The Kier molecular flexibility index (Phi) is 3.38. The molecule has 2 aromatic rings. The van der Waals surface area contributed by atoms with Gasteiger partial charge in [0.05, 0.1) is 17.4 Å². The molecule has 23 heavy (non-hydrogen) atoms. The molecular weight excluding hydrogens is 280 g/mol. The number of allylic oxidation sites excluding steroid dienone is 1. The molecule has 0 fully saturated rings. The molecule has 2 aromatic carbocycles. The van der Waals surface area contributed by atoms with E-state index in [1.54, 1.807) is 0 Å². The Morgan fingerprint density at radius 1 is 1.09 bits per heavy atom. The van der Waals surface area contributed by atoms with Crippen LogP contribution in [0.25, 0.3) is 5.57 Å². The van der Waals surface area contributed by atoms with Crippen molar-refractivity contribution in [2.24, 2.45) is 4.99 Å². The van der Waals surface area contributed by atoms with Gasteiger partial charge < -0.3 is 5.32 Å². The molecular formula is C21H20N2. The van der Waals surface area contributed by atoms with E-state index in [0.717, 1.165) is 35.5 Å². The summed E-state index contributed by atoms with van der Waals surface area (Å²) in [4.78, 5) is 4.75. The number of rotatable bonds is 1. The quantitative estimate of drug-likeness (QED) is 0.773. The number of nitrogens with zero attached hydrogens (tertiary/aromatic N) is 1. The topological polar surface area (TPSA) is 24.4 Å². The van der Waals surface area contributed by atoms with Crippen LogP contribution < -0.4 is 5.32 Å². The second-order valence-electron chi connectivity index (χ2n) is 6.26. The number of aliphatic imine (C=N–C) groups is 1. The smallest absolute Gasteiger partial charge is 0.0860 e. The Balaban J connectivity index is 1.71. The van der Waals surface area contributed by atoms with Gasteiger partial charge >= 0.3 is 0 Å². The van der Waals surface area contributed by atoms with E-state index in [9.17, 15) is 0 Å². The number of benzene rings is 2. The minimum atomic E-state index is 0.225. The highest BCUT2D eigenvalue weighted by atomic mass is 15.0. The van der Waals surface area contributed by atoms with E-state index in [-0.39, 0.29) is 6.04 Å². The van der Waals surface area contributed by atoms with E-state index >= 15 is 0 Å². The largest absolute Gasteiger partial charge is 0.376 e. The molecule has 0 radical (unpaired) electrons. The molecule has 0 amide bonds. The van der Waals surface area contributed by atoms with Crippen LogP contribution in [0.1, 0.15) is 24.5 Å². The average Bonchev–Trinajstić information content (AvgIpc) is 2.73. The molecule has 1 heterocycles. The van der Waals surface area contributed by atoms with Crippen molar-refractivity contribution in [2.45, 2.75) is 25.8 Å². The highest BCUT2D eigenvalue weighted by molar-refractivity contribution is 5.92. The van der Waals surface area contributed by atoms with Gasteiger partial charge in [0.2, 0.25) is 0 Å². The zero-order valence-corrected chi connectivity index (χ0v) is 13.3. The van der Waals surface area contributed by atoms with Crippen LogP contribution in [0.3, 0.4) is 0 Å². The number of hydrogen-bond donors (Lipinski definition) is 1. The summed E-state index contributed by atoms with van der Waals surface area (Å²) in [7, 11) is 0. The molecule has 1 atom stereocenters. The lowest BCUT2D eigenvalue weighted by Gasteiger charge is -2.27. The SMILES string of the molecule is C=C1C(C2CC(C)=Nc3ccccc3N2)=CCc2ccccc21. The minimum Gasteiger partial charge on any atom is -0.376 e. The third-order valence-electron chi connectivity index (χ3n) is 4.65. The predicted octanol–water partition coefficient (Wildman–Crippen LogP) is 5.16. The number of nitrogens with one attached hydrogen (secondary N) is 1. The van der Waals surface area contributed by atoms with Crippen molar-refractivity contribution in [2.75, 3.05) is 5.32 Å². The maximum absolute atomic E-state index is 4.75. The number of fused-ring (bicyclic) bond motifs is 2. The minimum absolute atomic E-state index is 0.225. The standard InChI is InChI=1S/C21H20N2/c1-14-13-21(23-20-10-6-5-9-19(20)22-14)18-12-11-16-7-3-4-8-17(16)15(18)2/h3-10,12,21,23H,2,11,13H2,1H3. The number of para-hydroxylation sites is 2. The van der Waals surface area contributed by atoms with Gasteiger partial charge in [-0.05, 0) is 47.8 Å². The van der Waals surface area contributed by atoms with Crippen molar-refractivity contribution in [3.63, 3.8) is 0 Å². The van der Waals surface area contributed by atoms with E-state index in [1.165, 1.54) is 16.7 Å². The van der Waals surface area contributed by atoms with Crippen LogP contribution in [0.5, 0.6) is 0 Å². The fourth-order valence-corrected chi connectivity index (χ4v) is 3.51. The van der Waals surface area contributed by atoms with Gasteiger partial charge in [0.1, 0.15) is 0 Å². The summed E-state index contributed by atoms with van der Waals surface area (Å²) in [5.74, 6) is 0. The van der Waals surface area contributed by atoms with Crippen LogP contribution in [0, 0.1) is 0 Å².